The highest BCUT2D eigenvalue weighted by Crippen LogP contribution is 2.26. The number of aliphatic hydroxyl groups is 1. The summed E-state index contributed by atoms with van der Waals surface area (Å²) in [6, 6.07) is 14.2. The molecule has 1 fully saturated rings. The zero-order chi connectivity index (χ0) is 19.4. The van der Waals surface area contributed by atoms with Gasteiger partial charge < -0.3 is 15.3 Å². The van der Waals surface area contributed by atoms with Gasteiger partial charge in [0.05, 0.1) is 11.6 Å². The molecule has 0 aliphatic carbocycles. The zero-order valence-electron chi connectivity index (χ0n) is 15.1. The van der Waals surface area contributed by atoms with Crippen molar-refractivity contribution >= 4 is 11.8 Å². The molecule has 1 aliphatic heterocycles. The summed E-state index contributed by atoms with van der Waals surface area (Å²) in [6.45, 7) is 2.58. The minimum atomic E-state index is -0.656. The predicted octanol–water partition coefficient (Wildman–Crippen LogP) is 1.86. The van der Waals surface area contributed by atoms with Gasteiger partial charge in [0.1, 0.15) is 6.04 Å². The summed E-state index contributed by atoms with van der Waals surface area (Å²) in [7, 11) is 0. The van der Waals surface area contributed by atoms with E-state index in [0.717, 1.165) is 16.7 Å². The summed E-state index contributed by atoms with van der Waals surface area (Å²) in [5.74, 6) is -0.459. The van der Waals surface area contributed by atoms with E-state index in [1.54, 1.807) is 18.2 Å². The topological polar surface area (TPSA) is 93.4 Å². The van der Waals surface area contributed by atoms with Crippen molar-refractivity contribution in [3.8, 4) is 17.2 Å². The molecule has 0 aromatic heterocycles. The van der Waals surface area contributed by atoms with Gasteiger partial charge in [-0.05, 0) is 54.3 Å². The highest BCUT2D eigenvalue weighted by molar-refractivity contribution is 5.99. The molecule has 6 heteroatoms. The molecule has 2 aromatic carbocycles. The third kappa shape index (κ3) is 3.83. The van der Waals surface area contributed by atoms with Crippen LogP contribution in [0.1, 0.15) is 27.9 Å². The second kappa shape index (κ2) is 8.02. The van der Waals surface area contributed by atoms with Crippen LogP contribution in [-0.2, 0) is 4.79 Å². The van der Waals surface area contributed by atoms with Gasteiger partial charge >= 0.3 is 0 Å². The highest BCUT2D eigenvalue weighted by Gasteiger charge is 2.33. The van der Waals surface area contributed by atoms with Crippen LogP contribution >= 0.6 is 0 Å². The van der Waals surface area contributed by atoms with Gasteiger partial charge in [-0.1, -0.05) is 18.2 Å². The van der Waals surface area contributed by atoms with Crippen LogP contribution in [0.15, 0.2) is 42.5 Å². The minimum Gasteiger partial charge on any atom is -0.396 e. The van der Waals surface area contributed by atoms with Gasteiger partial charge in [0, 0.05) is 25.3 Å². The Labute approximate surface area is 158 Å². The van der Waals surface area contributed by atoms with Gasteiger partial charge in [0.15, 0.2) is 0 Å². The molecule has 1 aliphatic rings. The third-order valence-corrected chi connectivity index (χ3v) is 4.77. The molecular weight excluding hydrogens is 342 g/mol. The molecule has 0 bridgehead atoms. The van der Waals surface area contributed by atoms with Crippen LogP contribution in [0.4, 0.5) is 0 Å². The second-order valence-electron chi connectivity index (χ2n) is 6.54. The molecule has 6 nitrogen and oxygen atoms in total. The van der Waals surface area contributed by atoms with E-state index in [9.17, 15) is 14.7 Å². The normalized spacial score (nSPS) is 16.6. The Morgan fingerprint density at radius 1 is 1.33 bits per heavy atom. The monoisotopic (exact) mass is 363 g/mol. The SMILES string of the molecule is Cc1cc(C#N)ccc1-c1cccc(C(=O)N2CCNC(=O)[C@@H]2CCO)c1. The van der Waals surface area contributed by atoms with E-state index in [-0.39, 0.29) is 24.8 Å². The summed E-state index contributed by atoms with van der Waals surface area (Å²) in [4.78, 5) is 26.6. The molecule has 138 valence electrons. The fourth-order valence-corrected chi connectivity index (χ4v) is 3.41. The van der Waals surface area contributed by atoms with Crippen molar-refractivity contribution in [1.29, 1.82) is 5.26 Å². The first kappa shape index (κ1) is 18.6. The number of benzene rings is 2. The Balaban J connectivity index is 1.92. The molecule has 2 aromatic rings. The van der Waals surface area contributed by atoms with E-state index in [0.29, 0.717) is 24.2 Å². The number of aryl methyl sites for hydroxylation is 1. The van der Waals surface area contributed by atoms with E-state index in [4.69, 9.17) is 5.26 Å². The zero-order valence-corrected chi connectivity index (χ0v) is 15.1. The summed E-state index contributed by atoms with van der Waals surface area (Å²) in [6.07, 6.45) is 0.214. The van der Waals surface area contributed by atoms with Gasteiger partial charge in [-0.15, -0.1) is 0 Å². The predicted molar refractivity (Wildman–Crippen MR) is 101 cm³/mol. The number of carbonyl (C=O) groups excluding carboxylic acids is 2. The number of hydrogen-bond donors (Lipinski definition) is 2. The van der Waals surface area contributed by atoms with Gasteiger partial charge in [-0.3, -0.25) is 9.59 Å². The van der Waals surface area contributed by atoms with Crippen molar-refractivity contribution in [1.82, 2.24) is 10.2 Å². The number of piperazine rings is 1. The van der Waals surface area contributed by atoms with Crippen LogP contribution in [0.5, 0.6) is 0 Å². The Bertz CT molecular complexity index is 917. The summed E-state index contributed by atoms with van der Waals surface area (Å²) >= 11 is 0. The number of rotatable bonds is 4. The molecule has 3 rings (SSSR count). The number of carbonyl (C=O) groups is 2. The molecule has 0 saturated carbocycles. The van der Waals surface area contributed by atoms with Crippen molar-refractivity contribution in [2.75, 3.05) is 19.7 Å². The van der Waals surface area contributed by atoms with Gasteiger partial charge in [-0.2, -0.15) is 5.26 Å². The first-order chi connectivity index (χ1) is 13.0. The van der Waals surface area contributed by atoms with Crippen LogP contribution < -0.4 is 5.32 Å². The quantitative estimate of drug-likeness (QED) is 0.867. The van der Waals surface area contributed by atoms with Gasteiger partial charge in [-0.25, -0.2) is 0 Å². The number of amides is 2. The number of hydrogen-bond acceptors (Lipinski definition) is 4. The Hall–Kier alpha value is -3.17. The number of aliphatic hydroxyl groups excluding tert-OH is 1. The largest absolute Gasteiger partial charge is 0.396 e. The van der Waals surface area contributed by atoms with Crippen LogP contribution in [0.25, 0.3) is 11.1 Å². The van der Waals surface area contributed by atoms with Crippen molar-refractivity contribution in [3.05, 3.63) is 59.2 Å². The molecule has 1 saturated heterocycles. The van der Waals surface area contributed by atoms with Crippen molar-refractivity contribution in [3.63, 3.8) is 0 Å². The van der Waals surface area contributed by atoms with Gasteiger partial charge in [0.2, 0.25) is 5.91 Å². The van der Waals surface area contributed by atoms with Crippen LogP contribution in [0.3, 0.4) is 0 Å². The maximum Gasteiger partial charge on any atom is 0.254 e. The molecule has 27 heavy (non-hydrogen) atoms. The van der Waals surface area contributed by atoms with Crippen molar-refractivity contribution in [2.45, 2.75) is 19.4 Å². The van der Waals surface area contributed by atoms with E-state index < -0.39 is 6.04 Å². The molecule has 2 amide bonds. The minimum absolute atomic E-state index is 0.160. The summed E-state index contributed by atoms with van der Waals surface area (Å²) in [5, 5.41) is 21.0. The standard InChI is InChI=1S/C21H21N3O3/c1-14-11-15(13-22)5-6-18(14)16-3-2-4-17(12-16)21(27)24-9-8-23-20(26)19(24)7-10-25/h2-6,11-12,19,25H,7-10H2,1H3,(H,23,26)/t19-/m0/s1. The van der Waals surface area contributed by atoms with Crippen LogP contribution in [-0.4, -0.2) is 47.6 Å². The number of nitrogens with zero attached hydrogens (tertiary/aromatic N) is 2. The summed E-state index contributed by atoms with van der Waals surface area (Å²) < 4.78 is 0. The Morgan fingerprint density at radius 2 is 2.15 bits per heavy atom. The first-order valence-electron chi connectivity index (χ1n) is 8.86. The fraction of sp³-hybridized carbons (Fsp3) is 0.286. The lowest BCUT2D eigenvalue weighted by Gasteiger charge is -2.35. The Morgan fingerprint density at radius 3 is 2.85 bits per heavy atom. The highest BCUT2D eigenvalue weighted by atomic mass is 16.3. The van der Waals surface area contributed by atoms with Crippen LogP contribution in [0, 0.1) is 18.3 Å². The average molecular weight is 363 g/mol. The maximum absolute atomic E-state index is 13.0. The molecule has 0 spiro atoms. The van der Waals surface area contributed by atoms with Crippen molar-refractivity contribution < 1.29 is 14.7 Å². The average Bonchev–Trinajstić information content (AvgIpc) is 2.69. The smallest absolute Gasteiger partial charge is 0.254 e. The first-order valence-corrected chi connectivity index (χ1v) is 8.86. The van der Waals surface area contributed by atoms with E-state index >= 15 is 0 Å². The Kier molecular flexibility index (Phi) is 5.53. The number of nitriles is 1. The molecule has 0 radical (unpaired) electrons. The lowest BCUT2D eigenvalue weighted by molar-refractivity contribution is -0.128. The van der Waals surface area contributed by atoms with Crippen LogP contribution in [0.2, 0.25) is 0 Å². The maximum atomic E-state index is 13.0. The molecule has 2 N–H and O–H groups in total. The lowest BCUT2D eigenvalue weighted by atomic mass is 9.96. The van der Waals surface area contributed by atoms with Crippen molar-refractivity contribution in [2.24, 2.45) is 0 Å². The lowest BCUT2D eigenvalue weighted by Crippen LogP contribution is -2.57. The number of nitrogens with one attached hydrogen (secondary N) is 1. The molecule has 1 heterocycles. The van der Waals surface area contributed by atoms with E-state index in [1.807, 2.05) is 31.2 Å². The third-order valence-electron chi connectivity index (χ3n) is 4.77. The molecular formula is C21H21N3O3. The molecule has 1 atom stereocenters. The van der Waals surface area contributed by atoms with E-state index in [2.05, 4.69) is 11.4 Å². The molecule has 0 unspecified atom stereocenters. The van der Waals surface area contributed by atoms with E-state index in [1.165, 1.54) is 4.90 Å². The summed E-state index contributed by atoms with van der Waals surface area (Å²) in [5.41, 5.74) is 3.87. The van der Waals surface area contributed by atoms with Gasteiger partial charge in [0.25, 0.3) is 5.91 Å². The second-order valence-corrected chi connectivity index (χ2v) is 6.54. The fourth-order valence-electron chi connectivity index (χ4n) is 3.41.